The van der Waals surface area contributed by atoms with Gasteiger partial charge in [0.05, 0.1) is 4.91 Å². The normalized spacial score (nSPS) is 16.8. The highest BCUT2D eigenvalue weighted by atomic mass is 32.2. The highest BCUT2D eigenvalue weighted by molar-refractivity contribution is 8.03. The molecule has 0 atom stereocenters. The van der Waals surface area contributed by atoms with Crippen LogP contribution in [0.2, 0.25) is 0 Å². The fourth-order valence-corrected chi connectivity index (χ4v) is 3.28. The number of rotatable bonds is 3. The van der Waals surface area contributed by atoms with Gasteiger partial charge in [0.15, 0.2) is 0 Å². The third-order valence-corrected chi connectivity index (χ3v) is 4.35. The predicted molar refractivity (Wildman–Crippen MR) is 68.1 cm³/mol. The average Bonchev–Trinajstić information content (AvgIpc) is 2.38. The first kappa shape index (κ1) is 12.6. The van der Waals surface area contributed by atoms with E-state index in [9.17, 15) is 8.78 Å². The Balaban J connectivity index is 2.11. The lowest BCUT2D eigenvalue weighted by Gasteiger charge is -2.23. The average molecular weight is 254 g/mol. The summed E-state index contributed by atoms with van der Waals surface area (Å²) >= 11 is 1.23. The van der Waals surface area contributed by atoms with Crippen molar-refractivity contribution in [3.05, 3.63) is 41.3 Å². The van der Waals surface area contributed by atoms with E-state index in [1.807, 2.05) is 30.3 Å². The molecule has 1 fully saturated rings. The summed E-state index contributed by atoms with van der Waals surface area (Å²) in [6.07, 6.45) is 3.67. The predicted octanol–water partition coefficient (Wildman–Crippen LogP) is 5.47. The topological polar surface area (TPSA) is 0 Å². The van der Waals surface area contributed by atoms with Crippen molar-refractivity contribution < 1.29 is 8.78 Å². The molecule has 0 nitrogen and oxygen atoms in total. The summed E-state index contributed by atoms with van der Waals surface area (Å²) in [5.41, 5.74) is 0. The molecule has 92 valence electrons. The summed E-state index contributed by atoms with van der Waals surface area (Å²) in [5, 5.41) is 0. The first-order valence-corrected chi connectivity index (χ1v) is 6.87. The Morgan fingerprint density at radius 3 is 2.24 bits per heavy atom. The molecule has 1 aromatic rings. The van der Waals surface area contributed by atoms with Gasteiger partial charge < -0.3 is 0 Å². The maximum Gasteiger partial charge on any atom is 0.280 e. The summed E-state index contributed by atoms with van der Waals surface area (Å²) in [5.74, 6) is 0.0685. The van der Waals surface area contributed by atoms with Crippen LogP contribution >= 0.6 is 11.8 Å². The van der Waals surface area contributed by atoms with Gasteiger partial charge in [-0.2, -0.15) is 8.78 Å². The molecular weight excluding hydrogens is 238 g/mol. The third-order valence-electron chi connectivity index (χ3n) is 3.13. The van der Waals surface area contributed by atoms with E-state index in [1.54, 1.807) is 0 Å². The van der Waals surface area contributed by atoms with Gasteiger partial charge in [0.25, 0.3) is 6.08 Å². The third kappa shape index (κ3) is 3.56. The van der Waals surface area contributed by atoms with Crippen LogP contribution in [0.15, 0.2) is 46.2 Å². The molecule has 0 saturated heterocycles. The summed E-state index contributed by atoms with van der Waals surface area (Å²) in [4.78, 5) is 1.19. The van der Waals surface area contributed by atoms with Gasteiger partial charge in [0.1, 0.15) is 0 Å². The van der Waals surface area contributed by atoms with Crippen molar-refractivity contribution in [3.63, 3.8) is 0 Å². The molecule has 2 rings (SSSR count). The number of hydrogen-bond acceptors (Lipinski definition) is 1. The number of halogens is 2. The molecule has 0 bridgehead atoms. The van der Waals surface area contributed by atoms with Crippen LogP contribution in [-0.2, 0) is 0 Å². The molecule has 1 aliphatic rings. The highest BCUT2D eigenvalue weighted by Gasteiger charge is 2.22. The van der Waals surface area contributed by atoms with Gasteiger partial charge in [0.2, 0.25) is 0 Å². The fraction of sp³-hybridized carbons (Fsp3) is 0.429. The molecule has 0 aromatic heterocycles. The number of allylic oxidation sites excluding steroid dienone is 1. The maximum absolute atomic E-state index is 13.0. The minimum atomic E-state index is -1.49. The van der Waals surface area contributed by atoms with Crippen molar-refractivity contribution in [1.29, 1.82) is 0 Å². The van der Waals surface area contributed by atoms with Crippen LogP contribution in [0.1, 0.15) is 32.1 Å². The molecular formula is C14H16F2S. The molecule has 1 aromatic carbocycles. The van der Waals surface area contributed by atoms with Crippen LogP contribution in [0.5, 0.6) is 0 Å². The van der Waals surface area contributed by atoms with E-state index in [0.717, 1.165) is 30.6 Å². The zero-order valence-electron chi connectivity index (χ0n) is 9.66. The van der Waals surface area contributed by atoms with Crippen LogP contribution in [0.4, 0.5) is 8.78 Å². The van der Waals surface area contributed by atoms with Crippen LogP contribution < -0.4 is 0 Å². The zero-order valence-corrected chi connectivity index (χ0v) is 10.5. The Labute approximate surface area is 105 Å². The largest absolute Gasteiger partial charge is 0.280 e. The Morgan fingerprint density at radius 2 is 1.65 bits per heavy atom. The zero-order chi connectivity index (χ0) is 12.1. The minimum Gasteiger partial charge on any atom is -0.172 e. The van der Waals surface area contributed by atoms with Crippen molar-refractivity contribution in [2.75, 3.05) is 0 Å². The summed E-state index contributed by atoms with van der Waals surface area (Å²) in [7, 11) is 0. The Hall–Kier alpha value is -0.830. The molecule has 0 spiro atoms. The minimum absolute atomic E-state index is 0.0685. The highest BCUT2D eigenvalue weighted by Crippen LogP contribution is 2.41. The van der Waals surface area contributed by atoms with Crippen LogP contribution in [-0.4, -0.2) is 0 Å². The smallest absolute Gasteiger partial charge is 0.172 e. The second-order valence-corrected chi connectivity index (χ2v) is 5.49. The van der Waals surface area contributed by atoms with Gasteiger partial charge in [-0.3, -0.25) is 0 Å². The molecule has 3 heteroatoms. The van der Waals surface area contributed by atoms with Gasteiger partial charge in [-0.1, -0.05) is 49.2 Å². The lowest BCUT2D eigenvalue weighted by Crippen LogP contribution is -2.08. The van der Waals surface area contributed by atoms with Crippen LogP contribution in [0.25, 0.3) is 0 Å². The molecule has 0 heterocycles. The summed E-state index contributed by atoms with van der Waals surface area (Å²) in [6.45, 7) is 0. The van der Waals surface area contributed by atoms with E-state index in [-0.39, 0.29) is 10.8 Å². The number of hydrogen-bond donors (Lipinski definition) is 0. The Kier molecular flexibility index (Phi) is 4.60. The van der Waals surface area contributed by atoms with Crippen molar-refractivity contribution >= 4 is 11.8 Å². The summed E-state index contributed by atoms with van der Waals surface area (Å²) < 4.78 is 26.1. The van der Waals surface area contributed by atoms with E-state index in [0.29, 0.717) is 0 Å². The van der Waals surface area contributed by atoms with Crippen LogP contribution in [0, 0.1) is 5.92 Å². The first-order valence-electron chi connectivity index (χ1n) is 6.05. The molecule has 17 heavy (non-hydrogen) atoms. The maximum atomic E-state index is 13.0. The second kappa shape index (κ2) is 6.20. The van der Waals surface area contributed by atoms with Gasteiger partial charge in [0, 0.05) is 4.90 Å². The van der Waals surface area contributed by atoms with E-state index < -0.39 is 6.08 Å². The molecule has 0 N–H and O–H groups in total. The molecule has 0 amide bonds. The van der Waals surface area contributed by atoms with E-state index in [2.05, 4.69) is 0 Å². The molecule has 0 radical (unpaired) electrons. The Morgan fingerprint density at radius 1 is 1.00 bits per heavy atom. The quantitative estimate of drug-likeness (QED) is 0.645. The van der Waals surface area contributed by atoms with E-state index in [4.69, 9.17) is 0 Å². The number of benzene rings is 1. The fourth-order valence-electron chi connectivity index (χ4n) is 2.26. The molecule has 0 unspecified atom stereocenters. The van der Waals surface area contributed by atoms with Gasteiger partial charge in [-0.05, 0) is 30.9 Å². The van der Waals surface area contributed by atoms with E-state index >= 15 is 0 Å². The van der Waals surface area contributed by atoms with Gasteiger partial charge >= 0.3 is 0 Å². The van der Waals surface area contributed by atoms with Crippen LogP contribution in [0.3, 0.4) is 0 Å². The second-order valence-electron chi connectivity index (χ2n) is 4.37. The Bertz CT molecular complexity index is 376. The monoisotopic (exact) mass is 254 g/mol. The molecule has 0 aliphatic heterocycles. The van der Waals surface area contributed by atoms with Crippen molar-refractivity contribution in [1.82, 2.24) is 0 Å². The first-order chi connectivity index (χ1) is 8.27. The van der Waals surface area contributed by atoms with Gasteiger partial charge in [-0.15, -0.1) is 0 Å². The van der Waals surface area contributed by atoms with E-state index in [1.165, 1.54) is 18.2 Å². The lowest BCUT2D eigenvalue weighted by molar-refractivity contribution is 0.368. The molecule has 1 saturated carbocycles. The van der Waals surface area contributed by atoms with Crippen molar-refractivity contribution in [2.24, 2.45) is 5.92 Å². The lowest BCUT2D eigenvalue weighted by atomic mass is 9.89. The number of thioether (sulfide) groups is 1. The summed E-state index contributed by atoms with van der Waals surface area (Å²) in [6, 6.07) is 9.45. The molecule has 1 aliphatic carbocycles. The van der Waals surface area contributed by atoms with Gasteiger partial charge in [-0.25, -0.2) is 0 Å². The van der Waals surface area contributed by atoms with Crippen molar-refractivity contribution in [2.45, 2.75) is 37.0 Å². The van der Waals surface area contributed by atoms with Crippen molar-refractivity contribution in [3.8, 4) is 0 Å². The SMILES string of the molecule is FC(F)=C(Sc1ccccc1)C1CCCCC1. The standard InChI is InChI=1S/C14H16F2S/c15-14(16)13(11-7-3-1-4-8-11)17-12-9-5-2-6-10-12/h2,5-6,9-11H,1,3-4,7-8H2.